The molecule has 1 aromatic heterocycles. The standard InChI is InChI=1S/C26H22F3N5O3/c27-26(28,29)21-13-17(4-7-22(21)34-8-10-36-11-9-34)33-25(35)20-3-1-2-16-12-18(5-6-19(16)20)37-24-14-23(30)31-15-32-24/h1-7,12-15H,8-11H2,(H,33,35)(H2,30,31,32). The number of nitrogens with one attached hydrogen (secondary N) is 1. The molecule has 0 saturated carbocycles. The van der Waals surface area contributed by atoms with E-state index < -0.39 is 17.6 Å². The molecule has 0 radical (unpaired) electrons. The van der Waals surface area contributed by atoms with E-state index >= 15 is 0 Å². The van der Waals surface area contributed by atoms with E-state index in [1.807, 2.05) is 0 Å². The molecule has 5 rings (SSSR count). The number of carbonyl (C=O) groups excluding carboxylic acids is 1. The second-order valence-corrected chi connectivity index (χ2v) is 8.35. The Labute approximate surface area is 209 Å². The minimum absolute atomic E-state index is 0.0487. The van der Waals surface area contributed by atoms with E-state index in [2.05, 4.69) is 15.3 Å². The number of nitrogens with two attached hydrogens (primary N) is 1. The van der Waals surface area contributed by atoms with Gasteiger partial charge in [0.2, 0.25) is 5.88 Å². The normalized spacial score (nSPS) is 14.0. The number of morpholine rings is 1. The molecule has 0 aliphatic carbocycles. The van der Waals surface area contributed by atoms with Gasteiger partial charge in [0, 0.05) is 36.1 Å². The number of fused-ring (bicyclic) bond motifs is 1. The summed E-state index contributed by atoms with van der Waals surface area (Å²) in [6, 6.07) is 15.5. The van der Waals surface area contributed by atoms with Crippen molar-refractivity contribution in [2.24, 2.45) is 0 Å². The Kier molecular flexibility index (Phi) is 6.53. The summed E-state index contributed by atoms with van der Waals surface area (Å²) >= 11 is 0. The van der Waals surface area contributed by atoms with E-state index in [0.29, 0.717) is 48.4 Å². The van der Waals surface area contributed by atoms with Crippen LogP contribution in [0.4, 0.5) is 30.4 Å². The fourth-order valence-electron chi connectivity index (χ4n) is 4.17. The number of halogens is 3. The first-order valence-corrected chi connectivity index (χ1v) is 11.4. The molecule has 0 atom stereocenters. The predicted octanol–water partition coefficient (Wildman–Crippen LogP) is 5.11. The largest absolute Gasteiger partial charge is 0.439 e. The fraction of sp³-hybridized carbons (Fsp3) is 0.192. The molecule has 1 amide bonds. The monoisotopic (exact) mass is 509 g/mol. The molecule has 1 fully saturated rings. The molecule has 0 spiro atoms. The van der Waals surface area contributed by atoms with Crippen LogP contribution in [0.25, 0.3) is 10.8 Å². The van der Waals surface area contributed by atoms with Gasteiger partial charge in [-0.25, -0.2) is 9.97 Å². The second-order valence-electron chi connectivity index (χ2n) is 8.35. The summed E-state index contributed by atoms with van der Waals surface area (Å²) in [6.45, 7) is 1.44. The van der Waals surface area contributed by atoms with Crippen LogP contribution in [0.1, 0.15) is 15.9 Å². The van der Waals surface area contributed by atoms with Gasteiger partial charge in [-0.1, -0.05) is 12.1 Å². The van der Waals surface area contributed by atoms with E-state index in [9.17, 15) is 18.0 Å². The summed E-state index contributed by atoms with van der Waals surface area (Å²) in [4.78, 5) is 22.6. The van der Waals surface area contributed by atoms with Gasteiger partial charge in [0.15, 0.2) is 0 Å². The maximum atomic E-state index is 13.9. The third-order valence-electron chi connectivity index (χ3n) is 5.89. The number of aromatic nitrogens is 2. The number of hydrogen-bond acceptors (Lipinski definition) is 7. The van der Waals surface area contributed by atoms with E-state index in [4.69, 9.17) is 15.2 Å². The lowest BCUT2D eigenvalue weighted by molar-refractivity contribution is -0.137. The van der Waals surface area contributed by atoms with Crippen LogP contribution in [0, 0.1) is 0 Å². The van der Waals surface area contributed by atoms with Crippen LogP contribution in [0.3, 0.4) is 0 Å². The molecule has 0 bridgehead atoms. The zero-order valence-electron chi connectivity index (χ0n) is 19.5. The first-order valence-electron chi connectivity index (χ1n) is 11.4. The average molecular weight is 509 g/mol. The van der Waals surface area contributed by atoms with E-state index in [0.717, 1.165) is 6.07 Å². The molecule has 4 aromatic rings. The first-order chi connectivity index (χ1) is 17.8. The number of rotatable bonds is 5. The van der Waals surface area contributed by atoms with Gasteiger partial charge in [0.25, 0.3) is 5.91 Å². The van der Waals surface area contributed by atoms with Gasteiger partial charge in [0.1, 0.15) is 17.9 Å². The molecule has 37 heavy (non-hydrogen) atoms. The van der Waals surface area contributed by atoms with E-state index in [-0.39, 0.29) is 23.1 Å². The van der Waals surface area contributed by atoms with Crippen molar-refractivity contribution in [1.82, 2.24) is 9.97 Å². The number of anilines is 3. The topological polar surface area (TPSA) is 103 Å². The first kappa shape index (κ1) is 24.3. The molecular weight excluding hydrogens is 487 g/mol. The van der Waals surface area contributed by atoms with Gasteiger partial charge in [-0.15, -0.1) is 0 Å². The van der Waals surface area contributed by atoms with Crippen LogP contribution in [0.15, 0.2) is 67.0 Å². The Morgan fingerprint density at radius 2 is 1.84 bits per heavy atom. The Morgan fingerprint density at radius 3 is 2.59 bits per heavy atom. The van der Waals surface area contributed by atoms with Crippen molar-refractivity contribution in [1.29, 1.82) is 0 Å². The summed E-state index contributed by atoms with van der Waals surface area (Å²) in [7, 11) is 0. The minimum atomic E-state index is -4.58. The van der Waals surface area contributed by atoms with Crippen LogP contribution < -0.4 is 20.7 Å². The number of ether oxygens (including phenoxy) is 2. The Balaban J connectivity index is 1.40. The number of benzene rings is 3. The number of nitrogen functional groups attached to an aromatic ring is 1. The lowest BCUT2D eigenvalue weighted by Gasteiger charge is -2.31. The Hall–Kier alpha value is -4.38. The summed E-state index contributed by atoms with van der Waals surface area (Å²) in [5, 5.41) is 3.92. The third-order valence-corrected chi connectivity index (χ3v) is 5.89. The fourth-order valence-corrected chi connectivity index (χ4v) is 4.17. The third kappa shape index (κ3) is 5.41. The van der Waals surface area contributed by atoms with Crippen molar-refractivity contribution in [3.8, 4) is 11.6 Å². The average Bonchev–Trinajstić information content (AvgIpc) is 2.88. The molecule has 1 aliphatic heterocycles. The van der Waals surface area contributed by atoms with Gasteiger partial charge in [0.05, 0.1) is 18.8 Å². The summed E-state index contributed by atoms with van der Waals surface area (Å²) in [6.07, 6.45) is -3.30. The van der Waals surface area contributed by atoms with Crippen molar-refractivity contribution < 1.29 is 27.4 Å². The van der Waals surface area contributed by atoms with Crippen LogP contribution in [-0.2, 0) is 10.9 Å². The SMILES string of the molecule is Nc1cc(Oc2ccc3c(C(=O)Nc4ccc(N5CCOCC5)c(C(F)(F)F)c4)cccc3c2)ncn1. The lowest BCUT2D eigenvalue weighted by atomic mass is 10.0. The van der Waals surface area contributed by atoms with Crippen molar-refractivity contribution in [3.05, 3.63) is 78.1 Å². The van der Waals surface area contributed by atoms with Gasteiger partial charge >= 0.3 is 6.18 Å². The molecule has 1 aliphatic rings. The summed E-state index contributed by atoms with van der Waals surface area (Å²) < 4.78 is 52.6. The predicted molar refractivity (Wildman–Crippen MR) is 133 cm³/mol. The van der Waals surface area contributed by atoms with Gasteiger partial charge in [-0.05, 0) is 53.2 Å². The quantitative estimate of drug-likeness (QED) is 0.385. The highest BCUT2D eigenvalue weighted by molar-refractivity contribution is 6.13. The Morgan fingerprint density at radius 1 is 1.03 bits per heavy atom. The highest BCUT2D eigenvalue weighted by Crippen LogP contribution is 2.39. The van der Waals surface area contributed by atoms with Gasteiger partial charge in [-0.3, -0.25) is 4.79 Å². The zero-order valence-corrected chi connectivity index (χ0v) is 19.5. The van der Waals surface area contributed by atoms with Crippen molar-refractivity contribution in [2.45, 2.75) is 6.18 Å². The maximum Gasteiger partial charge on any atom is 0.418 e. The number of carbonyl (C=O) groups is 1. The number of amides is 1. The van der Waals surface area contributed by atoms with Gasteiger partial charge in [-0.2, -0.15) is 13.2 Å². The van der Waals surface area contributed by atoms with Crippen molar-refractivity contribution in [3.63, 3.8) is 0 Å². The van der Waals surface area contributed by atoms with Crippen LogP contribution in [-0.4, -0.2) is 42.2 Å². The molecule has 0 unspecified atom stereocenters. The van der Waals surface area contributed by atoms with Crippen molar-refractivity contribution >= 4 is 33.9 Å². The highest BCUT2D eigenvalue weighted by atomic mass is 19.4. The number of nitrogens with zero attached hydrogens (tertiary/aromatic N) is 3. The minimum Gasteiger partial charge on any atom is -0.439 e. The summed E-state index contributed by atoms with van der Waals surface area (Å²) in [5.41, 5.74) is 5.27. The van der Waals surface area contributed by atoms with Crippen LogP contribution in [0.5, 0.6) is 11.6 Å². The van der Waals surface area contributed by atoms with Crippen LogP contribution in [0.2, 0.25) is 0 Å². The molecule has 190 valence electrons. The van der Waals surface area contributed by atoms with E-state index in [1.54, 1.807) is 41.3 Å². The zero-order chi connectivity index (χ0) is 26.0. The lowest BCUT2D eigenvalue weighted by Crippen LogP contribution is -2.37. The smallest absolute Gasteiger partial charge is 0.418 e. The van der Waals surface area contributed by atoms with Crippen molar-refractivity contribution in [2.75, 3.05) is 42.3 Å². The second kappa shape index (κ2) is 9.94. The Bertz CT molecular complexity index is 1460. The number of alkyl halides is 3. The molecular formula is C26H22F3N5O3. The molecule has 2 heterocycles. The molecule has 8 nitrogen and oxygen atoms in total. The summed E-state index contributed by atoms with van der Waals surface area (Å²) in [5.74, 6) is 0.463. The maximum absolute atomic E-state index is 13.9. The molecule has 3 N–H and O–H groups in total. The van der Waals surface area contributed by atoms with E-state index in [1.165, 1.54) is 24.5 Å². The number of hydrogen-bond donors (Lipinski definition) is 2. The van der Waals surface area contributed by atoms with Crippen LogP contribution >= 0.6 is 0 Å². The highest BCUT2D eigenvalue weighted by Gasteiger charge is 2.35. The molecule has 1 saturated heterocycles. The molecule has 3 aromatic carbocycles. The molecule has 11 heteroatoms. The van der Waals surface area contributed by atoms with Gasteiger partial charge < -0.3 is 25.4 Å².